The second-order valence-electron chi connectivity index (χ2n) is 8.59. The van der Waals surface area contributed by atoms with Crippen LogP contribution in [0.4, 0.5) is 0 Å². The first-order valence-corrected chi connectivity index (χ1v) is 14.0. The number of nitrogens with zero attached hydrogens (tertiary/aromatic N) is 7. The summed E-state index contributed by atoms with van der Waals surface area (Å²) in [7, 11) is -7.31. The van der Waals surface area contributed by atoms with Crippen molar-refractivity contribution in [2.75, 3.05) is 19.3 Å². The summed E-state index contributed by atoms with van der Waals surface area (Å²) in [5, 5.41) is 19.7. The van der Waals surface area contributed by atoms with Crippen molar-refractivity contribution in [1.82, 2.24) is 29.0 Å². The first kappa shape index (κ1) is 23.9. The highest BCUT2D eigenvalue weighted by Crippen LogP contribution is 2.35. The molecule has 0 spiro atoms. The molecule has 184 valence electrons. The highest BCUT2D eigenvalue weighted by molar-refractivity contribution is 7.89. The maximum Gasteiger partial charge on any atom is 0.255 e. The van der Waals surface area contributed by atoms with Crippen molar-refractivity contribution >= 4 is 30.9 Å². The smallest absolute Gasteiger partial charge is 0.255 e. The maximum atomic E-state index is 11.9. The Kier molecular flexibility index (Phi) is 5.60. The number of nitrogens with two attached hydrogens (primary N) is 1. The van der Waals surface area contributed by atoms with Crippen LogP contribution in [0.3, 0.4) is 0 Å². The summed E-state index contributed by atoms with van der Waals surface area (Å²) in [6.45, 7) is 0.302. The Bertz CT molecular complexity index is 1740. The lowest BCUT2D eigenvalue weighted by Crippen LogP contribution is -2.63. The maximum absolute atomic E-state index is 11.9. The van der Waals surface area contributed by atoms with Crippen LogP contribution in [0.1, 0.15) is 6.42 Å². The van der Waals surface area contributed by atoms with E-state index >= 15 is 0 Å². The lowest BCUT2D eigenvalue weighted by Gasteiger charge is -2.47. The van der Waals surface area contributed by atoms with Crippen molar-refractivity contribution in [1.29, 1.82) is 5.26 Å². The summed E-state index contributed by atoms with van der Waals surface area (Å²) in [6, 6.07) is 12.1. The number of nitriles is 1. The first-order chi connectivity index (χ1) is 17.0. The molecule has 1 aliphatic rings. The molecule has 5 heterocycles. The topological polar surface area (TPSA) is 178 Å². The van der Waals surface area contributed by atoms with E-state index in [0.29, 0.717) is 28.2 Å². The zero-order chi connectivity index (χ0) is 25.7. The van der Waals surface area contributed by atoms with Crippen LogP contribution in [0.2, 0.25) is 0 Å². The fourth-order valence-electron chi connectivity index (χ4n) is 4.16. The molecule has 0 atom stereocenters. The number of rotatable bonds is 6. The van der Waals surface area contributed by atoms with E-state index < -0.39 is 25.6 Å². The highest BCUT2D eigenvalue weighted by Gasteiger charge is 2.49. The van der Waals surface area contributed by atoms with Crippen LogP contribution < -0.4 is 5.14 Å². The van der Waals surface area contributed by atoms with Gasteiger partial charge in [-0.3, -0.25) is 9.67 Å². The molecule has 0 radical (unpaired) electrons. The van der Waals surface area contributed by atoms with Crippen LogP contribution in [0, 0.1) is 11.3 Å². The predicted molar refractivity (Wildman–Crippen MR) is 130 cm³/mol. The molecule has 36 heavy (non-hydrogen) atoms. The van der Waals surface area contributed by atoms with Crippen molar-refractivity contribution in [3.05, 3.63) is 55.0 Å². The molecular weight excluding hydrogens is 504 g/mol. The van der Waals surface area contributed by atoms with Crippen molar-refractivity contribution in [2.45, 2.75) is 17.0 Å². The number of sulfonamides is 2. The van der Waals surface area contributed by atoms with Crippen LogP contribution in [0.25, 0.3) is 33.5 Å². The molecule has 5 rings (SSSR count). The molecular formula is C22H20N8O4S2. The normalized spacial score (nSPS) is 15.9. The van der Waals surface area contributed by atoms with Gasteiger partial charge < -0.3 is 0 Å². The van der Waals surface area contributed by atoms with Crippen molar-refractivity contribution in [3.63, 3.8) is 0 Å². The zero-order valence-electron chi connectivity index (χ0n) is 19.0. The largest absolute Gasteiger partial charge is 0.262 e. The molecule has 12 nitrogen and oxygen atoms in total. The summed E-state index contributed by atoms with van der Waals surface area (Å²) >= 11 is 0. The van der Waals surface area contributed by atoms with Crippen molar-refractivity contribution in [3.8, 4) is 28.7 Å². The number of primary sulfonamides is 1. The van der Waals surface area contributed by atoms with E-state index in [1.807, 2.05) is 6.07 Å². The van der Waals surface area contributed by atoms with Gasteiger partial charge in [0.1, 0.15) is 16.9 Å². The van der Waals surface area contributed by atoms with Gasteiger partial charge in [0.05, 0.1) is 30.0 Å². The third-order valence-corrected chi connectivity index (χ3v) is 8.08. The van der Waals surface area contributed by atoms with Gasteiger partial charge in [-0.2, -0.15) is 14.7 Å². The molecule has 0 aromatic carbocycles. The molecule has 1 fully saturated rings. The molecule has 4 aromatic rings. The molecule has 0 unspecified atom stereocenters. The SMILES string of the molecule is CS(=O)(=O)N1CC(CC#N)(n2ccc(-c3nc(-c4ccc(S(N)(=O)=O)nc4)cc4ncccc34)n2)C1. The van der Waals surface area contributed by atoms with Gasteiger partial charge in [0.15, 0.2) is 5.03 Å². The van der Waals surface area contributed by atoms with Crippen molar-refractivity contribution < 1.29 is 16.8 Å². The summed E-state index contributed by atoms with van der Waals surface area (Å²) in [6.07, 6.45) is 5.96. The fourth-order valence-corrected chi connectivity index (χ4v) is 5.57. The number of pyridine rings is 3. The minimum Gasteiger partial charge on any atom is -0.262 e. The molecule has 1 aliphatic heterocycles. The summed E-state index contributed by atoms with van der Waals surface area (Å²) < 4.78 is 49.9. The van der Waals surface area contributed by atoms with Crippen LogP contribution in [-0.2, 0) is 25.6 Å². The molecule has 0 bridgehead atoms. The van der Waals surface area contributed by atoms with Gasteiger partial charge in [-0.1, -0.05) is 0 Å². The summed E-state index contributed by atoms with van der Waals surface area (Å²) in [4.78, 5) is 13.1. The summed E-state index contributed by atoms with van der Waals surface area (Å²) in [5.74, 6) is 0. The molecule has 2 N–H and O–H groups in total. The Hall–Kier alpha value is -3.77. The van der Waals surface area contributed by atoms with E-state index in [1.54, 1.807) is 41.3 Å². The Morgan fingerprint density at radius 1 is 1.11 bits per heavy atom. The Morgan fingerprint density at radius 3 is 2.53 bits per heavy atom. The van der Waals surface area contributed by atoms with E-state index in [1.165, 1.54) is 16.6 Å². The van der Waals surface area contributed by atoms with Gasteiger partial charge in [0, 0.05) is 42.6 Å². The van der Waals surface area contributed by atoms with E-state index in [0.717, 1.165) is 11.6 Å². The third kappa shape index (κ3) is 4.22. The molecule has 0 saturated carbocycles. The third-order valence-electron chi connectivity index (χ3n) is 6.06. The van der Waals surface area contributed by atoms with Gasteiger partial charge >= 0.3 is 0 Å². The first-order valence-electron chi connectivity index (χ1n) is 10.6. The number of hydrogen-bond donors (Lipinski definition) is 1. The van der Waals surface area contributed by atoms with Gasteiger partial charge in [0.25, 0.3) is 10.0 Å². The highest BCUT2D eigenvalue weighted by atomic mass is 32.2. The molecule has 1 saturated heterocycles. The lowest BCUT2D eigenvalue weighted by molar-refractivity contribution is 0.0726. The van der Waals surface area contributed by atoms with E-state index in [4.69, 9.17) is 10.1 Å². The second kappa shape index (κ2) is 8.42. The average Bonchev–Trinajstić information content (AvgIpc) is 3.29. The average molecular weight is 525 g/mol. The van der Waals surface area contributed by atoms with Crippen LogP contribution in [-0.4, -0.2) is 65.2 Å². The van der Waals surface area contributed by atoms with Crippen molar-refractivity contribution in [2.24, 2.45) is 5.14 Å². The van der Waals surface area contributed by atoms with E-state index in [2.05, 4.69) is 21.1 Å². The molecule has 0 aliphatic carbocycles. The van der Waals surface area contributed by atoms with E-state index in [9.17, 15) is 22.1 Å². The van der Waals surface area contributed by atoms with E-state index in [-0.39, 0.29) is 24.5 Å². The van der Waals surface area contributed by atoms with Crippen LogP contribution >= 0.6 is 0 Å². The van der Waals surface area contributed by atoms with Gasteiger partial charge in [0.2, 0.25) is 10.0 Å². The monoisotopic (exact) mass is 524 g/mol. The fraction of sp³-hybridized carbons (Fsp3) is 0.227. The second-order valence-corrected chi connectivity index (χ2v) is 12.1. The lowest BCUT2D eigenvalue weighted by atomic mass is 9.89. The number of hydrogen-bond acceptors (Lipinski definition) is 9. The summed E-state index contributed by atoms with van der Waals surface area (Å²) in [5.41, 5.74) is 1.96. The Balaban J connectivity index is 1.58. The Morgan fingerprint density at radius 2 is 1.89 bits per heavy atom. The number of aromatic nitrogens is 5. The molecule has 0 amide bonds. The van der Waals surface area contributed by atoms with Crippen LogP contribution in [0.15, 0.2) is 60.0 Å². The van der Waals surface area contributed by atoms with Gasteiger partial charge in [-0.25, -0.2) is 31.9 Å². The Labute approximate surface area is 207 Å². The minimum absolute atomic E-state index is 0.0952. The molecule has 14 heteroatoms. The number of fused-ring (bicyclic) bond motifs is 1. The van der Waals surface area contributed by atoms with Crippen LogP contribution in [0.5, 0.6) is 0 Å². The van der Waals surface area contributed by atoms with Gasteiger partial charge in [-0.15, -0.1) is 0 Å². The zero-order valence-corrected chi connectivity index (χ0v) is 20.6. The molecule has 4 aromatic heterocycles. The minimum atomic E-state index is -3.93. The quantitative estimate of drug-likeness (QED) is 0.386. The standard InChI is InChI=1S/C22H20N8O4S2/c1-35(31,32)29-13-22(14-29,7-8-23)30-10-6-17(28-30)21-16-3-2-9-25-19(16)11-18(27-21)15-4-5-20(26-12-15)36(24,33)34/h2-6,9-12H,7,13-14H2,1H3,(H2,24,33,34). The predicted octanol–water partition coefficient (Wildman–Crippen LogP) is 1.09. The van der Waals surface area contributed by atoms with Gasteiger partial charge in [-0.05, 0) is 36.4 Å².